The van der Waals surface area contributed by atoms with Crippen molar-refractivity contribution < 1.29 is 9.84 Å². The van der Waals surface area contributed by atoms with Gasteiger partial charge in [0, 0.05) is 22.2 Å². The van der Waals surface area contributed by atoms with Crippen molar-refractivity contribution in [1.82, 2.24) is 19.6 Å². The zero-order chi connectivity index (χ0) is 18.7. The van der Waals surface area contributed by atoms with E-state index in [0.717, 1.165) is 22.1 Å². The number of nitrogens with zero attached hydrogens (tertiary/aromatic N) is 4. The summed E-state index contributed by atoms with van der Waals surface area (Å²) < 4.78 is 7.66. The highest BCUT2D eigenvalue weighted by molar-refractivity contribution is 7.99. The van der Waals surface area contributed by atoms with Gasteiger partial charge in [-0.15, -0.1) is 10.2 Å². The lowest BCUT2D eigenvalue weighted by Crippen LogP contribution is -2.19. The summed E-state index contributed by atoms with van der Waals surface area (Å²) in [6.07, 6.45) is -0.726. The fraction of sp³-hybridized carbons (Fsp3) is 0.389. The van der Waals surface area contributed by atoms with Crippen LogP contribution in [0.1, 0.15) is 30.0 Å². The first-order chi connectivity index (χ1) is 12.4. The molecule has 2 heterocycles. The molecule has 1 N–H and O–H groups in total. The van der Waals surface area contributed by atoms with E-state index in [4.69, 9.17) is 16.3 Å². The van der Waals surface area contributed by atoms with Gasteiger partial charge >= 0.3 is 0 Å². The van der Waals surface area contributed by atoms with Crippen molar-refractivity contribution in [2.45, 2.75) is 38.1 Å². The van der Waals surface area contributed by atoms with Crippen LogP contribution < -0.4 is 0 Å². The molecule has 0 saturated carbocycles. The third-order valence-corrected chi connectivity index (χ3v) is 5.27. The summed E-state index contributed by atoms with van der Waals surface area (Å²) in [5, 5.41) is 19.9. The summed E-state index contributed by atoms with van der Waals surface area (Å²) in [5.74, 6) is 1.04. The fourth-order valence-electron chi connectivity index (χ4n) is 2.60. The normalized spacial score (nSPS) is 13.9. The smallest absolute Gasteiger partial charge is 0.256 e. The summed E-state index contributed by atoms with van der Waals surface area (Å²) in [4.78, 5) is 4.36. The van der Waals surface area contributed by atoms with Gasteiger partial charge in [-0.25, -0.2) is 4.98 Å². The molecule has 0 saturated heterocycles. The lowest BCUT2D eigenvalue weighted by molar-refractivity contribution is 0.00621. The van der Waals surface area contributed by atoms with Crippen LogP contribution in [0.5, 0.6) is 0 Å². The molecule has 0 spiro atoms. The van der Waals surface area contributed by atoms with E-state index in [-0.39, 0.29) is 12.7 Å². The van der Waals surface area contributed by atoms with E-state index in [0.29, 0.717) is 16.6 Å². The van der Waals surface area contributed by atoms with Crippen LogP contribution >= 0.6 is 23.4 Å². The molecule has 0 bridgehead atoms. The third-order valence-electron chi connectivity index (χ3n) is 3.95. The Morgan fingerprint density at radius 1 is 1.23 bits per heavy atom. The molecule has 0 fully saturated rings. The van der Waals surface area contributed by atoms with E-state index in [1.165, 1.54) is 11.8 Å². The minimum Gasteiger partial charge on any atom is -0.390 e. The number of rotatable bonds is 7. The average Bonchev–Trinajstić information content (AvgIpc) is 3.01. The first-order valence-electron chi connectivity index (χ1n) is 8.31. The van der Waals surface area contributed by atoms with Gasteiger partial charge in [0.05, 0.1) is 18.8 Å². The van der Waals surface area contributed by atoms with Crippen LogP contribution in [-0.4, -0.2) is 43.2 Å². The number of halogens is 1. The molecule has 26 heavy (non-hydrogen) atoms. The zero-order valence-corrected chi connectivity index (χ0v) is 16.5. The molecule has 3 aromatic rings. The molecule has 8 heteroatoms. The quantitative estimate of drug-likeness (QED) is 0.619. The van der Waals surface area contributed by atoms with Gasteiger partial charge in [0.1, 0.15) is 0 Å². The van der Waals surface area contributed by atoms with E-state index in [2.05, 4.69) is 15.2 Å². The van der Waals surface area contributed by atoms with Gasteiger partial charge in [0.25, 0.3) is 5.78 Å². The lowest BCUT2D eigenvalue weighted by atomic mass is 10.1. The number of fused-ring (bicyclic) bond motifs is 1. The standard InChI is InChI=1S/C18H21ClN4O2S/c1-11-8-12(2)23-17(20-11)21-22-18(23)26-10-16(24)9-25-13(3)14-4-6-15(19)7-5-14/h4-8,13,16,24H,9-10H2,1-3H3/t13-,16+/m1/s1. The average molecular weight is 393 g/mol. The van der Waals surface area contributed by atoms with E-state index in [1.54, 1.807) is 0 Å². The number of hydrogen-bond acceptors (Lipinski definition) is 6. The second kappa shape index (κ2) is 8.35. The molecular formula is C18H21ClN4O2S. The largest absolute Gasteiger partial charge is 0.390 e. The second-order valence-electron chi connectivity index (χ2n) is 6.15. The highest BCUT2D eigenvalue weighted by Crippen LogP contribution is 2.22. The predicted molar refractivity (Wildman–Crippen MR) is 103 cm³/mol. The molecule has 0 radical (unpaired) electrons. The molecule has 0 aliphatic heterocycles. The van der Waals surface area contributed by atoms with Crippen molar-refractivity contribution in [2.24, 2.45) is 0 Å². The zero-order valence-electron chi connectivity index (χ0n) is 14.9. The molecule has 3 rings (SSSR count). The molecule has 1 aromatic carbocycles. The first-order valence-corrected chi connectivity index (χ1v) is 9.67. The van der Waals surface area contributed by atoms with Gasteiger partial charge in [-0.2, -0.15) is 0 Å². The van der Waals surface area contributed by atoms with Crippen LogP contribution in [0.15, 0.2) is 35.5 Å². The van der Waals surface area contributed by atoms with Crippen LogP contribution in [-0.2, 0) is 4.74 Å². The highest BCUT2D eigenvalue weighted by Gasteiger charge is 2.14. The van der Waals surface area contributed by atoms with Gasteiger partial charge in [-0.3, -0.25) is 4.40 Å². The Balaban J connectivity index is 1.54. The first kappa shape index (κ1) is 19.1. The number of hydrogen-bond donors (Lipinski definition) is 1. The van der Waals surface area contributed by atoms with E-state index in [1.807, 2.05) is 55.5 Å². The van der Waals surface area contributed by atoms with Crippen molar-refractivity contribution in [2.75, 3.05) is 12.4 Å². The Morgan fingerprint density at radius 2 is 1.96 bits per heavy atom. The highest BCUT2D eigenvalue weighted by atomic mass is 35.5. The number of ether oxygens (including phenoxy) is 1. The minimum absolute atomic E-state index is 0.116. The van der Waals surface area contributed by atoms with Crippen molar-refractivity contribution in [1.29, 1.82) is 0 Å². The maximum absolute atomic E-state index is 10.2. The summed E-state index contributed by atoms with van der Waals surface area (Å²) in [7, 11) is 0. The van der Waals surface area contributed by atoms with Crippen LogP contribution in [0.25, 0.3) is 5.78 Å². The number of thioether (sulfide) groups is 1. The van der Waals surface area contributed by atoms with Gasteiger partial charge in [0.2, 0.25) is 0 Å². The molecule has 0 unspecified atom stereocenters. The summed E-state index contributed by atoms with van der Waals surface area (Å²) in [6.45, 7) is 6.11. The topological polar surface area (TPSA) is 72.5 Å². The van der Waals surface area contributed by atoms with Gasteiger partial charge in [-0.05, 0) is 44.5 Å². The SMILES string of the molecule is Cc1cc(C)n2c(SC[C@@H](O)CO[C@H](C)c3ccc(Cl)cc3)nnc2n1. The predicted octanol–water partition coefficient (Wildman–Crippen LogP) is 3.63. The second-order valence-corrected chi connectivity index (χ2v) is 7.57. The van der Waals surface area contributed by atoms with Crippen LogP contribution in [0.4, 0.5) is 0 Å². The van der Waals surface area contributed by atoms with Crippen LogP contribution in [0, 0.1) is 13.8 Å². The molecule has 138 valence electrons. The van der Waals surface area contributed by atoms with Crippen molar-refractivity contribution in [3.05, 3.63) is 52.3 Å². The third kappa shape index (κ3) is 4.54. The van der Waals surface area contributed by atoms with Crippen molar-refractivity contribution >= 4 is 29.1 Å². The van der Waals surface area contributed by atoms with E-state index >= 15 is 0 Å². The molecule has 0 aliphatic rings. The minimum atomic E-state index is -0.610. The van der Waals surface area contributed by atoms with Gasteiger partial charge < -0.3 is 9.84 Å². The van der Waals surface area contributed by atoms with Crippen molar-refractivity contribution in [3.63, 3.8) is 0 Å². The molecule has 2 atom stereocenters. The summed E-state index contributed by atoms with van der Waals surface area (Å²) >= 11 is 7.33. The lowest BCUT2D eigenvalue weighted by Gasteiger charge is -2.16. The van der Waals surface area contributed by atoms with Gasteiger partial charge in [0.15, 0.2) is 5.16 Å². The Bertz CT molecular complexity index is 885. The molecule has 2 aromatic heterocycles. The maximum atomic E-state index is 10.2. The molecule has 6 nitrogen and oxygen atoms in total. The number of aliphatic hydroxyl groups is 1. The molecule has 0 aliphatic carbocycles. The monoisotopic (exact) mass is 392 g/mol. The fourth-order valence-corrected chi connectivity index (χ4v) is 3.61. The van der Waals surface area contributed by atoms with Gasteiger partial charge in [-0.1, -0.05) is 35.5 Å². The maximum Gasteiger partial charge on any atom is 0.256 e. The van der Waals surface area contributed by atoms with Crippen molar-refractivity contribution in [3.8, 4) is 0 Å². The number of aryl methyl sites for hydroxylation is 2. The number of aromatic nitrogens is 4. The Labute approximate surface area is 161 Å². The Kier molecular flexibility index (Phi) is 6.13. The molecular weight excluding hydrogens is 372 g/mol. The van der Waals surface area contributed by atoms with Crippen LogP contribution in [0.3, 0.4) is 0 Å². The summed E-state index contributed by atoms with van der Waals surface area (Å²) in [5.41, 5.74) is 2.94. The van der Waals surface area contributed by atoms with E-state index < -0.39 is 6.10 Å². The Morgan fingerprint density at radius 3 is 2.69 bits per heavy atom. The number of aliphatic hydroxyl groups excluding tert-OH is 1. The molecule has 0 amide bonds. The summed E-state index contributed by atoms with van der Waals surface area (Å²) in [6, 6.07) is 9.49. The van der Waals surface area contributed by atoms with Crippen LogP contribution in [0.2, 0.25) is 5.02 Å². The Hall–Kier alpha value is -1.67. The number of benzene rings is 1. The van der Waals surface area contributed by atoms with E-state index in [9.17, 15) is 5.11 Å².